The summed E-state index contributed by atoms with van der Waals surface area (Å²) in [6.45, 7) is 5.86. The number of sulfonamides is 1. The quantitative estimate of drug-likeness (QED) is 0.924. The smallest absolute Gasteiger partial charge is 0.232 e. The van der Waals surface area contributed by atoms with Gasteiger partial charge in [0, 0.05) is 5.69 Å². The maximum absolute atomic E-state index is 13.1. The Morgan fingerprint density at radius 2 is 2.00 bits per heavy atom. The average molecular weight is 284 g/mol. The van der Waals surface area contributed by atoms with Gasteiger partial charge in [0.1, 0.15) is 11.9 Å². The molecule has 1 rings (SSSR count). The van der Waals surface area contributed by atoms with E-state index in [9.17, 15) is 12.8 Å². The maximum atomic E-state index is 13.1. The van der Waals surface area contributed by atoms with Gasteiger partial charge in [-0.1, -0.05) is 20.8 Å². The number of nitrogens with one attached hydrogen (secondary N) is 1. The van der Waals surface area contributed by atoms with E-state index in [0.717, 1.165) is 6.07 Å². The van der Waals surface area contributed by atoms with Crippen molar-refractivity contribution < 1.29 is 12.8 Å². The lowest BCUT2D eigenvalue weighted by Crippen LogP contribution is -2.21. The van der Waals surface area contributed by atoms with Crippen molar-refractivity contribution in [1.82, 2.24) is 0 Å². The molecule has 0 saturated heterocycles. The van der Waals surface area contributed by atoms with Gasteiger partial charge >= 0.3 is 0 Å². The molecule has 0 saturated carbocycles. The molecule has 0 aliphatic rings. The van der Waals surface area contributed by atoms with Crippen molar-refractivity contribution in [3.05, 3.63) is 29.6 Å². The highest BCUT2D eigenvalue weighted by molar-refractivity contribution is 7.92. The first kappa shape index (κ1) is 15.4. The van der Waals surface area contributed by atoms with Crippen LogP contribution in [-0.2, 0) is 10.0 Å². The number of halogens is 1. The number of hydrogen-bond acceptors (Lipinski definition) is 3. The second kappa shape index (κ2) is 5.57. The van der Waals surface area contributed by atoms with Crippen molar-refractivity contribution >= 4 is 15.7 Å². The molecule has 0 heterocycles. The van der Waals surface area contributed by atoms with Crippen LogP contribution in [0.2, 0.25) is 0 Å². The van der Waals surface area contributed by atoms with Crippen molar-refractivity contribution in [2.75, 3.05) is 10.5 Å². The first-order valence-electron chi connectivity index (χ1n) is 5.83. The van der Waals surface area contributed by atoms with Gasteiger partial charge in [0.2, 0.25) is 10.0 Å². The third-order valence-corrected chi connectivity index (χ3v) is 3.77. The molecule has 104 valence electrons. The van der Waals surface area contributed by atoms with Crippen molar-refractivity contribution in [3.63, 3.8) is 0 Å². The minimum atomic E-state index is -3.49. The summed E-state index contributed by atoms with van der Waals surface area (Å²) in [5.74, 6) is -0.685. The summed E-state index contributed by atoms with van der Waals surface area (Å²) in [4.78, 5) is 0. The highest BCUT2D eigenvalue weighted by atomic mass is 32.2. The van der Waals surface area contributed by atoms with Gasteiger partial charge in [-0.3, -0.25) is 4.72 Å². The van der Waals surface area contributed by atoms with Crippen LogP contribution in [0.1, 0.15) is 32.8 Å². The van der Waals surface area contributed by atoms with Crippen LogP contribution in [0, 0.1) is 22.6 Å². The topological polar surface area (TPSA) is 70.0 Å². The Kier molecular flexibility index (Phi) is 4.53. The average Bonchev–Trinajstić information content (AvgIpc) is 2.28. The normalized spacial score (nSPS) is 11.9. The number of rotatable bonds is 4. The molecule has 4 nitrogen and oxygen atoms in total. The lowest BCUT2D eigenvalue weighted by atomic mass is 9.94. The highest BCUT2D eigenvalue weighted by Crippen LogP contribution is 2.21. The fraction of sp³-hybridized carbons (Fsp3) is 0.462. The monoisotopic (exact) mass is 284 g/mol. The standard InChI is InChI=1S/C13H17FN2O2S/c1-13(2,3)6-7-19(17,18)16-11-4-5-12(14)10(8-11)9-15/h4-5,8,16H,6-7H2,1-3H3. The Morgan fingerprint density at radius 1 is 1.37 bits per heavy atom. The Balaban J connectivity index is 2.82. The minimum Gasteiger partial charge on any atom is -0.284 e. The molecule has 1 aromatic carbocycles. The van der Waals surface area contributed by atoms with Crippen molar-refractivity contribution in [1.29, 1.82) is 5.26 Å². The lowest BCUT2D eigenvalue weighted by molar-refractivity contribution is 0.397. The van der Waals surface area contributed by atoms with Gasteiger partial charge in [0.25, 0.3) is 0 Å². The Morgan fingerprint density at radius 3 is 2.53 bits per heavy atom. The van der Waals surface area contributed by atoms with Crippen LogP contribution >= 0.6 is 0 Å². The van der Waals surface area contributed by atoms with Crippen LogP contribution in [-0.4, -0.2) is 14.2 Å². The van der Waals surface area contributed by atoms with Gasteiger partial charge < -0.3 is 0 Å². The largest absolute Gasteiger partial charge is 0.284 e. The van der Waals surface area contributed by atoms with Crippen LogP contribution < -0.4 is 4.72 Å². The van der Waals surface area contributed by atoms with E-state index in [1.54, 1.807) is 6.07 Å². The Labute approximate surface area is 113 Å². The van der Waals surface area contributed by atoms with E-state index >= 15 is 0 Å². The zero-order valence-electron chi connectivity index (χ0n) is 11.2. The van der Waals surface area contributed by atoms with Crippen molar-refractivity contribution in [2.24, 2.45) is 5.41 Å². The van der Waals surface area contributed by atoms with Gasteiger partial charge in [-0.2, -0.15) is 5.26 Å². The SMILES string of the molecule is CC(C)(C)CCS(=O)(=O)Nc1ccc(F)c(C#N)c1. The molecular formula is C13H17FN2O2S. The molecule has 0 radical (unpaired) electrons. The van der Waals surface area contributed by atoms with Crippen LogP contribution in [0.15, 0.2) is 18.2 Å². The van der Waals surface area contributed by atoms with E-state index in [0.29, 0.717) is 6.42 Å². The summed E-state index contributed by atoms with van der Waals surface area (Å²) in [5, 5.41) is 8.68. The van der Waals surface area contributed by atoms with Gasteiger partial charge in [-0.25, -0.2) is 12.8 Å². The van der Waals surface area contributed by atoms with Crippen LogP contribution in [0.3, 0.4) is 0 Å². The summed E-state index contributed by atoms with van der Waals surface area (Å²) in [5.41, 5.74) is -0.0714. The molecule has 19 heavy (non-hydrogen) atoms. The molecule has 0 amide bonds. The van der Waals surface area contributed by atoms with Crippen LogP contribution in [0.4, 0.5) is 10.1 Å². The number of hydrogen-bond donors (Lipinski definition) is 1. The predicted octanol–water partition coefficient (Wildman–Crippen LogP) is 2.88. The molecule has 0 aliphatic heterocycles. The third-order valence-electron chi connectivity index (χ3n) is 2.48. The molecule has 0 fully saturated rings. The van der Waals surface area contributed by atoms with Gasteiger partial charge in [0.15, 0.2) is 0 Å². The Bertz CT molecular complexity index is 598. The van der Waals surface area contributed by atoms with E-state index in [1.807, 2.05) is 20.8 Å². The van der Waals surface area contributed by atoms with E-state index in [-0.39, 0.29) is 22.4 Å². The summed E-state index contributed by atoms with van der Waals surface area (Å²) in [7, 11) is -3.49. The molecule has 1 aromatic rings. The lowest BCUT2D eigenvalue weighted by Gasteiger charge is -2.18. The van der Waals surface area contributed by atoms with Crippen molar-refractivity contribution in [3.8, 4) is 6.07 Å². The predicted molar refractivity (Wildman–Crippen MR) is 72.6 cm³/mol. The molecule has 1 N–H and O–H groups in total. The fourth-order valence-corrected chi connectivity index (χ4v) is 2.81. The van der Waals surface area contributed by atoms with E-state index < -0.39 is 15.8 Å². The van der Waals surface area contributed by atoms with Crippen LogP contribution in [0.5, 0.6) is 0 Å². The first-order chi connectivity index (χ1) is 8.63. The second-order valence-electron chi connectivity index (χ2n) is 5.54. The third kappa shape index (κ3) is 5.26. The molecule has 0 spiro atoms. The van der Waals surface area contributed by atoms with E-state index in [4.69, 9.17) is 5.26 Å². The number of nitriles is 1. The molecular weight excluding hydrogens is 267 g/mol. The molecule has 6 heteroatoms. The number of anilines is 1. The molecule has 0 aromatic heterocycles. The summed E-state index contributed by atoms with van der Waals surface area (Å²) in [6.07, 6.45) is 0.509. The van der Waals surface area contributed by atoms with Crippen LogP contribution in [0.25, 0.3) is 0 Å². The molecule has 0 atom stereocenters. The van der Waals surface area contributed by atoms with E-state index in [1.165, 1.54) is 12.1 Å². The highest BCUT2D eigenvalue weighted by Gasteiger charge is 2.17. The first-order valence-corrected chi connectivity index (χ1v) is 7.48. The fourth-order valence-electron chi connectivity index (χ4n) is 1.35. The molecule has 0 unspecified atom stereocenters. The number of nitrogens with zero attached hydrogens (tertiary/aromatic N) is 1. The van der Waals surface area contributed by atoms with Gasteiger partial charge in [-0.05, 0) is 30.0 Å². The molecule has 0 aliphatic carbocycles. The van der Waals surface area contributed by atoms with Gasteiger partial charge in [-0.15, -0.1) is 0 Å². The number of benzene rings is 1. The van der Waals surface area contributed by atoms with Gasteiger partial charge in [0.05, 0.1) is 11.3 Å². The minimum absolute atomic E-state index is 0.0181. The van der Waals surface area contributed by atoms with E-state index in [2.05, 4.69) is 4.72 Å². The molecule has 0 bridgehead atoms. The Hall–Kier alpha value is -1.61. The summed E-state index contributed by atoms with van der Waals surface area (Å²) < 4.78 is 39.1. The second-order valence-corrected chi connectivity index (χ2v) is 7.38. The zero-order valence-corrected chi connectivity index (χ0v) is 12.0. The summed E-state index contributed by atoms with van der Waals surface area (Å²) >= 11 is 0. The maximum Gasteiger partial charge on any atom is 0.232 e. The summed E-state index contributed by atoms with van der Waals surface area (Å²) in [6, 6.07) is 5.22. The van der Waals surface area contributed by atoms with Crippen molar-refractivity contribution in [2.45, 2.75) is 27.2 Å². The zero-order chi connectivity index (χ0) is 14.7.